The normalized spacial score (nSPS) is 19.7. The molecule has 0 spiro atoms. The third kappa shape index (κ3) is 4.68. The number of nitrogens with zero attached hydrogens (tertiary/aromatic N) is 1. The van der Waals surface area contributed by atoms with Crippen molar-refractivity contribution in [3.05, 3.63) is 29.6 Å². The van der Waals surface area contributed by atoms with Gasteiger partial charge in [-0.1, -0.05) is 6.07 Å². The monoisotopic (exact) mass is 293 g/mol. The van der Waals surface area contributed by atoms with Crippen LogP contribution in [-0.4, -0.2) is 44.4 Å². The van der Waals surface area contributed by atoms with Crippen LogP contribution in [0.25, 0.3) is 0 Å². The minimum atomic E-state index is -0.210. The summed E-state index contributed by atoms with van der Waals surface area (Å²) in [7, 11) is 0. The zero-order chi connectivity index (χ0) is 14.5. The molecule has 0 atom stereocenters. The maximum atomic E-state index is 13.4. The predicted molar refractivity (Wildman–Crippen MR) is 80.2 cm³/mol. The topological polar surface area (TPSA) is 21.7 Å². The van der Waals surface area contributed by atoms with Gasteiger partial charge in [0.25, 0.3) is 0 Å². The lowest BCUT2D eigenvalue weighted by atomic mass is 10.1. The number of ether oxygens (including phenoxy) is 2. The summed E-state index contributed by atoms with van der Waals surface area (Å²) in [4.78, 5) is 2.43. The molecule has 1 aromatic rings. The summed E-state index contributed by atoms with van der Waals surface area (Å²) in [6.45, 7) is 5.53. The lowest BCUT2D eigenvalue weighted by Gasteiger charge is -2.26. The number of hydrogen-bond acceptors (Lipinski definition) is 3. The molecule has 0 N–H and O–H groups in total. The molecule has 3 nitrogen and oxygen atoms in total. The first-order valence-corrected chi connectivity index (χ1v) is 8.02. The standard InChI is InChI=1S/C17H24FNO2/c18-16-6-5-15(17(12-16)21-13-14-3-4-14)2-1-7-19-8-10-20-11-9-19/h5-6,12,14H,1-4,7-11,13H2. The largest absolute Gasteiger partial charge is 0.493 e. The van der Waals surface area contributed by atoms with E-state index < -0.39 is 0 Å². The molecule has 1 aliphatic carbocycles. The van der Waals surface area contributed by atoms with Crippen molar-refractivity contribution in [2.24, 2.45) is 5.92 Å². The Bertz CT molecular complexity index is 456. The summed E-state index contributed by atoms with van der Waals surface area (Å²) < 4.78 is 24.6. The van der Waals surface area contributed by atoms with Crippen molar-refractivity contribution >= 4 is 0 Å². The second-order valence-corrected chi connectivity index (χ2v) is 6.06. The fourth-order valence-corrected chi connectivity index (χ4v) is 2.68. The lowest BCUT2D eigenvalue weighted by molar-refractivity contribution is 0.0374. The smallest absolute Gasteiger partial charge is 0.126 e. The van der Waals surface area contributed by atoms with Gasteiger partial charge in [0.15, 0.2) is 0 Å². The summed E-state index contributed by atoms with van der Waals surface area (Å²) in [5, 5.41) is 0. The highest BCUT2D eigenvalue weighted by atomic mass is 19.1. The fraction of sp³-hybridized carbons (Fsp3) is 0.647. The minimum Gasteiger partial charge on any atom is -0.493 e. The maximum absolute atomic E-state index is 13.4. The molecule has 1 heterocycles. The minimum absolute atomic E-state index is 0.210. The third-order valence-electron chi connectivity index (χ3n) is 4.22. The van der Waals surface area contributed by atoms with Crippen molar-refractivity contribution in [2.75, 3.05) is 39.5 Å². The number of rotatable bonds is 7. The molecule has 3 rings (SSSR count). The van der Waals surface area contributed by atoms with E-state index in [0.717, 1.165) is 63.6 Å². The molecule has 2 aliphatic rings. The van der Waals surface area contributed by atoms with E-state index in [9.17, 15) is 4.39 Å². The Morgan fingerprint density at radius 3 is 2.81 bits per heavy atom. The molecule has 0 bridgehead atoms. The van der Waals surface area contributed by atoms with Crippen molar-refractivity contribution in [1.29, 1.82) is 0 Å². The van der Waals surface area contributed by atoms with Crippen LogP contribution in [0.2, 0.25) is 0 Å². The van der Waals surface area contributed by atoms with Crippen molar-refractivity contribution < 1.29 is 13.9 Å². The highest BCUT2D eigenvalue weighted by molar-refractivity contribution is 5.34. The van der Waals surface area contributed by atoms with Crippen LogP contribution in [0, 0.1) is 11.7 Å². The summed E-state index contributed by atoms with van der Waals surface area (Å²) in [5.41, 5.74) is 1.13. The quantitative estimate of drug-likeness (QED) is 0.771. The average molecular weight is 293 g/mol. The van der Waals surface area contributed by atoms with E-state index in [1.165, 1.54) is 25.0 Å². The predicted octanol–water partition coefficient (Wildman–Crippen LogP) is 2.88. The van der Waals surface area contributed by atoms with Gasteiger partial charge in [0.1, 0.15) is 11.6 Å². The zero-order valence-corrected chi connectivity index (χ0v) is 12.5. The molecule has 2 fully saturated rings. The van der Waals surface area contributed by atoms with Crippen LogP contribution in [0.4, 0.5) is 4.39 Å². The number of aryl methyl sites for hydroxylation is 1. The number of benzene rings is 1. The first-order valence-electron chi connectivity index (χ1n) is 8.02. The highest BCUT2D eigenvalue weighted by Gasteiger charge is 2.22. The molecule has 1 aliphatic heterocycles. The lowest BCUT2D eigenvalue weighted by Crippen LogP contribution is -2.36. The van der Waals surface area contributed by atoms with Crippen LogP contribution in [-0.2, 0) is 11.2 Å². The summed E-state index contributed by atoms with van der Waals surface area (Å²) in [5.74, 6) is 1.22. The van der Waals surface area contributed by atoms with E-state index in [1.54, 1.807) is 0 Å². The van der Waals surface area contributed by atoms with Gasteiger partial charge in [0.05, 0.1) is 19.8 Å². The van der Waals surface area contributed by atoms with E-state index in [-0.39, 0.29) is 5.82 Å². The van der Waals surface area contributed by atoms with Gasteiger partial charge in [-0.15, -0.1) is 0 Å². The fourth-order valence-electron chi connectivity index (χ4n) is 2.68. The Labute approximate surface area is 126 Å². The van der Waals surface area contributed by atoms with Gasteiger partial charge in [-0.25, -0.2) is 4.39 Å². The zero-order valence-electron chi connectivity index (χ0n) is 12.5. The Hall–Kier alpha value is -1.13. The van der Waals surface area contributed by atoms with Gasteiger partial charge < -0.3 is 9.47 Å². The van der Waals surface area contributed by atoms with Crippen molar-refractivity contribution in [1.82, 2.24) is 4.90 Å². The molecule has 0 unspecified atom stereocenters. The number of morpholine rings is 1. The van der Waals surface area contributed by atoms with Gasteiger partial charge in [-0.2, -0.15) is 0 Å². The van der Waals surface area contributed by atoms with Crippen molar-refractivity contribution in [2.45, 2.75) is 25.7 Å². The molecule has 1 saturated carbocycles. The summed E-state index contributed by atoms with van der Waals surface area (Å²) in [6.07, 6.45) is 4.52. The molecule has 0 aromatic heterocycles. The number of hydrogen-bond donors (Lipinski definition) is 0. The second-order valence-electron chi connectivity index (χ2n) is 6.06. The Morgan fingerprint density at radius 2 is 2.05 bits per heavy atom. The Morgan fingerprint density at radius 1 is 1.24 bits per heavy atom. The molecule has 0 radical (unpaired) electrons. The van der Waals surface area contributed by atoms with Gasteiger partial charge in [0, 0.05) is 19.2 Å². The summed E-state index contributed by atoms with van der Waals surface area (Å²) in [6, 6.07) is 4.94. The van der Waals surface area contributed by atoms with Crippen LogP contribution in [0.1, 0.15) is 24.8 Å². The van der Waals surface area contributed by atoms with Crippen LogP contribution < -0.4 is 4.74 Å². The van der Waals surface area contributed by atoms with Gasteiger partial charge in [-0.05, 0) is 49.8 Å². The molecule has 1 saturated heterocycles. The molecular weight excluding hydrogens is 269 g/mol. The Balaban J connectivity index is 1.50. The third-order valence-corrected chi connectivity index (χ3v) is 4.22. The van der Waals surface area contributed by atoms with E-state index >= 15 is 0 Å². The molecule has 21 heavy (non-hydrogen) atoms. The first-order chi connectivity index (χ1) is 10.3. The average Bonchev–Trinajstić information content (AvgIpc) is 3.32. The highest BCUT2D eigenvalue weighted by Crippen LogP contribution is 2.31. The first kappa shape index (κ1) is 14.8. The van der Waals surface area contributed by atoms with Crippen LogP contribution >= 0.6 is 0 Å². The second kappa shape index (κ2) is 7.23. The van der Waals surface area contributed by atoms with E-state index in [0.29, 0.717) is 5.92 Å². The van der Waals surface area contributed by atoms with E-state index in [2.05, 4.69) is 4.90 Å². The molecular formula is C17H24FNO2. The van der Waals surface area contributed by atoms with Gasteiger partial charge in [-0.3, -0.25) is 4.90 Å². The Kier molecular flexibility index (Phi) is 5.09. The van der Waals surface area contributed by atoms with E-state index in [1.807, 2.05) is 6.07 Å². The van der Waals surface area contributed by atoms with Crippen LogP contribution in [0.3, 0.4) is 0 Å². The SMILES string of the molecule is Fc1ccc(CCCN2CCOCC2)c(OCC2CC2)c1. The van der Waals surface area contributed by atoms with Crippen molar-refractivity contribution in [3.8, 4) is 5.75 Å². The summed E-state index contributed by atoms with van der Waals surface area (Å²) >= 11 is 0. The van der Waals surface area contributed by atoms with Gasteiger partial charge >= 0.3 is 0 Å². The molecule has 4 heteroatoms. The van der Waals surface area contributed by atoms with Gasteiger partial charge in [0.2, 0.25) is 0 Å². The molecule has 1 aromatic carbocycles. The number of halogens is 1. The maximum Gasteiger partial charge on any atom is 0.126 e. The van der Waals surface area contributed by atoms with Crippen LogP contribution in [0.5, 0.6) is 5.75 Å². The van der Waals surface area contributed by atoms with Crippen molar-refractivity contribution in [3.63, 3.8) is 0 Å². The molecule has 116 valence electrons. The van der Waals surface area contributed by atoms with E-state index in [4.69, 9.17) is 9.47 Å². The molecule has 0 amide bonds. The van der Waals surface area contributed by atoms with Crippen LogP contribution in [0.15, 0.2) is 18.2 Å².